The van der Waals surface area contributed by atoms with E-state index >= 15 is 0 Å². The number of amides is 1. The second-order valence-electron chi connectivity index (χ2n) is 5.06. The van der Waals surface area contributed by atoms with Crippen LogP contribution in [0.4, 0.5) is 0 Å². The van der Waals surface area contributed by atoms with Crippen LogP contribution < -0.4 is 11.5 Å². The van der Waals surface area contributed by atoms with Crippen LogP contribution in [0.3, 0.4) is 0 Å². The first kappa shape index (κ1) is 11.6. The number of benzene rings is 1. The first-order valence-electron chi connectivity index (χ1n) is 5.63. The van der Waals surface area contributed by atoms with E-state index in [0.717, 1.165) is 0 Å². The number of carbonyl (C=O) groups is 1. The molecule has 4 nitrogen and oxygen atoms in total. The van der Waals surface area contributed by atoms with Gasteiger partial charge in [0, 0.05) is 5.92 Å². The lowest BCUT2D eigenvalue weighted by Gasteiger charge is -2.01. The summed E-state index contributed by atoms with van der Waals surface area (Å²) < 4.78 is 0. The number of hydrogen-bond acceptors (Lipinski definition) is 1. The number of rotatable bonds is 2. The summed E-state index contributed by atoms with van der Waals surface area (Å²) in [4.78, 5) is 15.5. The highest BCUT2D eigenvalue weighted by molar-refractivity contribution is 5.95. The predicted molar refractivity (Wildman–Crippen MR) is 67.3 cm³/mol. The van der Waals surface area contributed by atoms with Gasteiger partial charge in [0.05, 0.1) is 5.92 Å². The third-order valence-corrected chi connectivity index (χ3v) is 3.49. The van der Waals surface area contributed by atoms with Gasteiger partial charge < -0.3 is 11.5 Å². The maximum atomic E-state index is 11.9. The monoisotopic (exact) mass is 231 g/mol. The van der Waals surface area contributed by atoms with Gasteiger partial charge in [-0.25, -0.2) is 0 Å². The molecule has 4 heteroatoms. The van der Waals surface area contributed by atoms with E-state index in [1.807, 2.05) is 30.3 Å². The third kappa shape index (κ3) is 2.02. The molecular weight excluding hydrogens is 214 g/mol. The van der Waals surface area contributed by atoms with Crippen LogP contribution in [0.2, 0.25) is 0 Å². The number of nitrogens with two attached hydrogens (primary N) is 2. The molecular formula is C13H17N3O. The van der Waals surface area contributed by atoms with Crippen LogP contribution in [-0.4, -0.2) is 11.9 Å². The van der Waals surface area contributed by atoms with Crippen molar-refractivity contribution in [1.29, 1.82) is 0 Å². The maximum Gasteiger partial charge on any atom is 0.253 e. The van der Waals surface area contributed by atoms with E-state index in [4.69, 9.17) is 11.5 Å². The van der Waals surface area contributed by atoms with Crippen LogP contribution in [-0.2, 0) is 4.79 Å². The number of guanidine groups is 1. The average Bonchev–Trinajstić information content (AvgIpc) is 2.82. The topological polar surface area (TPSA) is 81.5 Å². The minimum atomic E-state index is -0.219. The fourth-order valence-corrected chi connectivity index (χ4v) is 2.58. The van der Waals surface area contributed by atoms with Gasteiger partial charge in [-0.15, -0.1) is 0 Å². The van der Waals surface area contributed by atoms with E-state index in [1.165, 1.54) is 5.56 Å². The highest BCUT2D eigenvalue weighted by Gasteiger charge is 2.62. The molecule has 1 aliphatic rings. The predicted octanol–water partition coefficient (Wildman–Crippen LogP) is 1.23. The molecule has 0 unspecified atom stereocenters. The molecule has 0 aliphatic heterocycles. The Hall–Kier alpha value is -1.84. The van der Waals surface area contributed by atoms with E-state index in [9.17, 15) is 4.79 Å². The van der Waals surface area contributed by atoms with Crippen LogP contribution in [0.5, 0.6) is 0 Å². The van der Waals surface area contributed by atoms with Gasteiger partial charge in [-0.3, -0.25) is 4.79 Å². The van der Waals surface area contributed by atoms with E-state index in [2.05, 4.69) is 18.8 Å². The van der Waals surface area contributed by atoms with E-state index in [-0.39, 0.29) is 29.1 Å². The molecule has 0 radical (unpaired) electrons. The number of aliphatic imine (C=N–C) groups is 1. The Kier molecular flexibility index (Phi) is 2.65. The molecule has 0 aromatic heterocycles. The fraction of sp³-hybridized carbons (Fsp3) is 0.385. The standard InChI is InChI=1S/C13H17N3O/c1-13(2)9(8-6-4-3-5-7-8)10(13)11(17)16-12(14)15/h3-7,9-10H,1-2H3,(H4,14,15,16,17)/t9-,10+/m0/s1. The van der Waals surface area contributed by atoms with Crippen molar-refractivity contribution in [3.05, 3.63) is 35.9 Å². The Bertz CT molecular complexity index is 461. The van der Waals surface area contributed by atoms with Crippen molar-refractivity contribution in [3.8, 4) is 0 Å². The molecule has 90 valence electrons. The van der Waals surface area contributed by atoms with Crippen molar-refractivity contribution < 1.29 is 4.79 Å². The Labute approximate surface area is 101 Å². The lowest BCUT2D eigenvalue weighted by Crippen LogP contribution is -2.25. The lowest BCUT2D eigenvalue weighted by atomic mass is 10.0. The van der Waals surface area contributed by atoms with Gasteiger partial charge in [-0.1, -0.05) is 44.2 Å². The molecule has 0 heterocycles. The molecule has 17 heavy (non-hydrogen) atoms. The van der Waals surface area contributed by atoms with Gasteiger partial charge in [0.25, 0.3) is 5.91 Å². The summed E-state index contributed by atoms with van der Waals surface area (Å²) in [5.41, 5.74) is 11.6. The van der Waals surface area contributed by atoms with Crippen molar-refractivity contribution in [2.24, 2.45) is 27.8 Å². The lowest BCUT2D eigenvalue weighted by molar-refractivity contribution is -0.119. The zero-order valence-corrected chi connectivity index (χ0v) is 10.1. The van der Waals surface area contributed by atoms with Gasteiger partial charge in [-0.05, 0) is 11.0 Å². The molecule has 0 spiro atoms. The molecule has 4 N–H and O–H groups in total. The van der Waals surface area contributed by atoms with E-state index in [1.54, 1.807) is 0 Å². The summed E-state index contributed by atoms with van der Waals surface area (Å²) in [5.74, 6) is -0.292. The van der Waals surface area contributed by atoms with Crippen LogP contribution in [0.1, 0.15) is 25.3 Å². The number of hydrogen-bond donors (Lipinski definition) is 2. The van der Waals surface area contributed by atoms with Crippen molar-refractivity contribution in [1.82, 2.24) is 0 Å². The Morgan fingerprint density at radius 1 is 1.24 bits per heavy atom. The minimum absolute atomic E-state index is 0.0720. The minimum Gasteiger partial charge on any atom is -0.370 e. The SMILES string of the molecule is CC1(C)[C@@H](C(=O)N=C(N)N)[C@@H]1c1ccccc1. The zero-order valence-electron chi connectivity index (χ0n) is 10.1. The first-order chi connectivity index (χ1) is 7.94. The fourth-order valence-electron chi connectivity index (χ4n) is 2.58. The molecule has 1 aliphatic carbocycles. The van der Waals surface area contributed by atoms with Gasteiger partial charge in [0.15, 0.2) is 5.96 Å². The van der Waals surface area contributed by atoms with Gasteiger partial charge in [0.1, 0.15) is 0 Å². The summed E-state index contributed by atoms with van der Waals surface area (Å²) >= 11 is 0. The second kappa shape index (κ2) is 3.87. The van der Waals surface area contributed by atoms with E-state index < -0.39 is 0 Å². The summed E-state index contributed by atoms with van der Waals surface area (Å²) in [6, 6.07) is 9.99. The smallest absolute Gasteiger partial charge is 0.253 e. The Balaban J connectivity index is 2.23. The van der Waals surface area contributed by atoms with Crippen LogP contribution in [0, 0.1) is 11.3 Å². The Morgan fingerprint density at radius 3 is 2.35 bits per heavy atom. The summed E-state index contributed by atoms with van der Waals surface area (Å²) in [5, 5.41) is 0. The number of nitrogens with zero attached hydrogens (tertiary/aromatic N) is 1. The van der Waals surface area contributed by atoms with E-state index in [0.29, 0.717) is 0 Å². The van der Waals surface area contributed by atoms with Gasteiger partial charge in [0.2, 0.25) is 0 Å². The quantitative estimate of drug-likeness (QED) is 0.593. The van der Waals surface area contributed by atoms with Crippen molar-refractivity contribution in [2.75, 3.05) is 0 Å². The molecule has 2 rings (SSSR count). The largest absolute Gasteiger partial charge is 0.370 e. The van der Waals surface area contributed by atoms with Gasteiger partial charge in [-0.2, -0.15) is 4.99 Å². The average molecular weight is 231 g/mol. The van der Waals surface area contributed by atoms with Crippen molar-refractivity contribution in [2.45, 2.75) is 19.8 Å². The first-order valence-corrected chi connectivity index (χ1v) is 5.63. The maximum absolute atomic E-state index is 11.9. The third-order valence-electron chi connectivity index (χ3n) is 3.49. The summed E-state index contributed by atoms with van der Waals surface area (Å²) in [6.07, 6.45) is 0. The summed E-state index contributed by atoms with van der Waals surface area (Å²) in [7, 11) is 0. The van der Waals surface area contributed by atoms with Crippen molar-refractivity contribution in [3.63, 3.8) is 0 Å². The zero-order chi connectivity index (χ0) is 12.6. The molecule has 1 aromatic rings. The normalized spacial score (nSPS) is 25.1. The summed E-state index contributed by atoms with van der Waals surface area (Å²) in [6.45, 7) is 4.13. The van der Waals surface area contributed by atoms with Crippen LogP contribution in [0.25, 0.3) is 0 Å². The molecule has 0 saturated heterocycles. The second-order valence-corrected chi connectivity index (χ2v) is 5.06. The highest BCUT2D eigenvalue weighted by atomic mass is 16.1. The molecule has 2 atom stereocenters. The molecule has 0 bridgehead atoms. The molecule has 1 saturated carbocycles. The molecule has 1 fully saturated rings. The van der Waals surface area contributed by atoms with Crippen molar-refractivity contribution >= 4 is 11.9 Å². The Morgan fingerprint density at radius 2 is 1.82 bits per heavy atom. The van der Waals surface area contributed by atoms with Crippen LogP contribution in [0.15, 0.2) is 35.3 Å². The highest BCUT2D eigenvalue weighted by Crippen LogP contribution is 2.64. The molecule has 1 aromatic carbocycles. The van der Waals surface area contributed by atoms with Crippen LogP contribution >= 0.6 is 0 Å². The molecule has 1 amide bonds. The van der Waals surface area contributed by atoms with Gasteiger partial charge >= 0.3 is 0 Å². The number of carbonyl (C=O) groups excluding carboxylic acids is 1.